The molecule has 180 valence electrons. The third kappa shape index (κ3) is 3.00. The zero-order chi connectivity index (χ0) is 24.5. The van der Waals surface area contributed by atoms with Crippen molar-refractivity contribution in [2.24, 2.45) is 0 Å². The van der Waals surface area contributed by atoms with Gasteiger partial charge in [0.15, 0.2) is 5.76 Å². The number of amides is 2. The molecule has 1 atom stereocenters. The second-order valence-electron chi connectivity index (χ2n) is 8.27. The number of ether oxygens (including phenoxy) is 3. The van der Waals surface area contributed by atoms with Crippen LogP contribution in [0.15, 0.2) is 69.8 Å². The summed E-state index contributed by atoms with van der Waals surface area (Å²) in [5.74, 6) is -1.44. The number of fused-ring (bicyclic) bond motifs is 4. The van der Waals surface area contributed by atoms with Crippen LogP contribution in [0.2, 0.25) is 0 Å². The molecule has 1 aromatic carbocycles. The Hall–Kier alpha value is -4.15. The minimum absolute atomic E-state index is 0.0699. The lowest BCUT2D eigenvalue weighted by Crippen LogP contribution is -2.38. The van der Waals surface area contributed by atoms with Crippen molar-refractivity contribution in [3.63, 3.8) is 0 Å². The minimum atomic E-state index is -4.88. The smallest absolute Gasteiger partial charge is 0.450 e. The zero-order valence-corrected chi connectivity index (χ0v) is 18.2. The van der Waals surface area contributed by atoms with Gasteiger partial charge in [-0.05, 0) is 24.3 Å². The average molecular weight is 486 g/mol. The van der Waals surface area contributed by atoms with E-state index in [-0.39, 0.29) is 19.1 Å². The first-order valence-corrected chi connectivity index (χ1v) is 10.7. The Morgan fingerprint density at radius 3 is 2.80 bits per heavy atom. The third-order valence-electron chi connectivity index (χ3n) is 6.28. The molecular formula is C24H17F3N2O6. The van der Waals surface area contributed by atoms with Gasteiger partial charge in [0.2, 0.25) is 18.2 Å². The number of anilines is 1. The fourth-order valence-electron chi connectivity index (χ4n) is 4.76. The number of alkyl halides is 3. The Morgan fingerprint density at radius 1 is 1.23 bits per heavy atom. The molecule has 6 rings (SSSR count). The predicted octanol–water partition coefficient (Wildman–Crippen LogP) is 3.86. The lowest BCUT2D eigenvalue weighted by atomic mass is 9.93. The monoisotopic (exact) mass is 486 g/mol. The number of halogens is 3. The Labute approximate surface area is 196 Å². The molecule has 1 spiro atoms. The molecule has 2 amide bonds. The van der Waals surface area contributed by atoms with Crippen molar-refractivity contribution in [3.8, 4) is 0 Å². The van der Waals surface area contributed by atoms with Crippen molar-refractivity contribution in [2.75, 3.05) is 18.7 Å². The predicted molar refractivity (Wildman–Crippen MR) is 112 cm³/mol. The summed E-state index contributed by atoms with van der Waals surface area (Å²) in [6.07, 6.45) is -0.983. The molecule has 0 radical (unpaired) electrons. The summed E-state index contributed by atoms with van der Waals surface area (Å²) < 4.78 is 62.8. The number of nitrogens with one attached hydrogen (secondary N) is 1. The topological polar surface area (TPSA) is 90.2 Å². The van der Waals surface area contributed by atoms with E-state index in [1.54, 1.807) is 36.4 Å². The molecule has 4 aliphatic rings. The van der Waals surface area contributed by atoms with Crippen molar-refractivity contribution in [1.29, 1.82) is 0 Å². The lowest BCUT2D eigenvalue weighted by Gasteiger charge is -2.23. The van der Waals surface area contributed by atoms with Crippen LogP contribution >= 0.6 is 0 Å². The van der Waals surface area contributed by atoms with Crippen LogP contribution in [0.1, 0.15) is 33.9 Å². The van der Waals surface area contributed by atoms with E-state index in [0.717, 1.165) is 6.07 Å². The first-order chi connectivity index (χ1) is 16.7. The molecule has 1 aliphatic carbocycles. The number of para-hydroxylation sites is 1. The maximum atomic E-state index is 13.8. The molecule has 4 heterocycles. The second-order valence-corrected chi connectivity index (χ2v) is 8.27. The van der Waals surface area contributed by atoms with E-state index in [1.165, 1.54) is 11.9 Å². The fraction of sp³-hybridized carbons (Fsp3) is 0.250. The van der Waals surface area contributed by atoms with Gasteiger partial charge in [-0.15, -0.1) is 0 Å². The molecule has 2 aromatic rings. The molecule has 1 N–H and O–H groups in total. The summed E-state index contributed by atoms with van der Waals surface area (Å²) in [7, 11) is 1.22. The molecule has 1 aromatic heterocycles. The highest BCUT2D eigenvalue weighted by Crippen LogP contribution is 2.53. The molecule has 3 aliphatic heterocycles. The van der Waals surface area contributed by atoms with Gasteiger partial charge in [-0.2, -0.15) is 13.2 Å². The molecule has 0 saturated heterocycles. The van der Waals surface area contributed by atoms with Crippen molar-refractivity contribution in [1.82, 2.24) is 5.32 Å². The van der Waals surface area contributed by atoms with Crippen LogP contribution in [0, 0.1) is 0 Å². The fourth-order valence-corrected chi connectivity index (χ4v) is 4.76. The van der Waals surface area contributed by atoms with E-state index in [0.29, 0.717) is 40.5 Å². The normalized spacial score (nSPS) is 22.2. The molecule has 8 nitrogen and oxygen atoms in total. The standard InChI is InChI=1S/C24H17F3N2O6/c1-28-21(30)13-8-12(34-20(13)24(25,26)27)10-29-16-5-3-2-4-15(16)23(22(29)31)9-14-17(35-23)6-7-18-19(14)33-11-32-18/h2-6,8-9H,7,10-11H2,1H3,(H,28,30). The van der Waals surface area contributed by atoms with Gasteiger partial charge in [0.25, 0.3) is 11.8 Å². The second kappa shape index (κ2) is 7.17. The van der Waals surface area contributed by atoms with Crippen LogP contribution in [0.3, 0.4) is 0 Å². The molecule has 0 fully saturated rings. The van der Waals surface area contributed by atoms with E-state index < -0.39 is 34.9 Å². The molecule has 0 saturated carbocycles. The van der Waals surface area contributed by atoms with Crippen LogP contribution in [0.4, 0.5) is 18.9 Å². The number of allylic oxidation sites excluding steroid dienone is 1. The first kappa shape index (κ1) is 21.4. The van der Waals surface area contributed by atoms with E-state index in [2.05, 4.69) is 5.32 Å². The van der Waals surface area contributed by atoms with Gasteiger partial charge in [-0.1, -0.05) is 18.2 Å². The quantitative estimate of drug-likeness (QED) is 0.709. The Bertz CT molecular complexity index is 1390. The van der Waals surface area contributed by atoms with Crippen molar-refractivity contribution in [3.05, 3.63) is 88.0 Å². The summed E-state index contributed by atoms with van der Waals surface area (Å²) in [6, 6.07) is 7.85. The van der Waals surface area contributed by atoms with E-state index in [9.17, 15) is 22.8 Å². The molecule has 11 heteroatoms. The number of furan rings is 1. The maximum Gasteiger partial charge on any atom is 0.450 e. The van der Waals surface area contributed by atoms with Crippen LogP contribution in [-0.2, 0) is 37.3 Å². The van der Waals surface area contributed by atoms with Crippen molar-refractivity contribution in [2.45, 2.75) is 24.7 Å². The van der Waals surface area contributed by atoms with E-state index in [1.807, 2.05) is 0 Å². The summed E-state index contributed by atoms with van der Waals surface area (Å²) in [6.45, 7) is -0.267. The first-order valence-electron chi connectivity index (χ1n) is 10.7. The highest BCUT2D eigenvalue weighted by atomic mass is 19.4. The number of hydrogen-bond acceptors (Lipinski definition) is 6. The van der Waals surface area contributed by atoms with E-state index in [4.69, 9.17) is 18.6 Å². The van der Waals surface area contributed by atoms with Crippen LogP contribution in [0.25, 0.3) is 0 Å². The number of carbonyl (C=O) groups is 2. The highest BCUT2D eigenvalue weighted by Gasteiger charge is 2.57. The summed E-state index contributed by atoms with van der Waals surface area (Å²) in [5.41, 5.74) is -0.596. The maximum absolute atomic E-state index is 13.8. The molecule has 0 bridgehead atoms. The SMILES string of the molecule is CNC(=O)c1cc(CN2C(=O)C3(C=C4C(=CCC5=C4OCO5)O3)c3ccccc32)oc1C(F)(F)F. The van der Waals surface area contributed by atoms with Gasteiger partial charge < -0.3 is 28.8 Å². The van der Waals surface area contributed by atoms with E-state index >= 15 is 0 Å². The summed E-state index contributed by atoms with van der Waals surface area (Å²) >= 11 is 0. The van der Waals surface area contributed by atoms with Gasteiger partial charge >= 0.3 is 6.18 Å². The van der Waals surface area contributed by atoms with Gasteiger partial charge in [-0.25, -0.2) is 0 Å². The van der Waals surface area contributed by atoms with Gasteiger partial charge in [-0.3, -0.25) is 9.59 Å². The summed E-state index contributed by atoms with van der Waals surface area (Å²) in [5, 5.41) is 2.17. The molecule has 1 unspecified atom stereocenters. The Kier molecular flexibility index (Phi) is 4.38. The lowest BCUT2D eigenvalue weighted by molar-refractivity contribution is -0.153. The van der Waals surface area contributed by atoms with Crippen LogP contribution in [0.5, 0.6) is 0 Å². The van der Waals surface area contributed by atoms with Crippen LogP contribution in [-0.4, -0.2) is 25.7 Å². The average Bonchev–Trinajstić information content (AvgIpc) is 3.60. The Balaban J connectivity index is 1.41. The minimum Gasteiger partial charge on any atom is -0.468 e. The number of nitrogens with zero attached hydrogens (tertiary/aromatic N) is 1. The highest BCUT2D eigenvalue weighted by molar-refractivity contribution is 6.09. The van der Waals surface area contributed by atoms with Gasteiger partial charge in [0.1, 0.15) is 17.3 Å². The van der Waals surface area contributed by atoms with Crippen molar-refractivity contribution >= 4 is 17.5 Å². The number of rotatable bonds is 3. The third-order valence-corrected chi connectivity index (χ3v) is 6.28. The van der Waals surface area contributed by atoms with Gasteiger partial charge in [0, 0.05) is 19.0 Å². The van der Waals surface area contributed by atoms with Gasteiger partial charge in [0.05, 0.1) is 23.4 Å². The number of hydrogen-bond donors (Lipinski definition) is 1. The summed E-state index contributed by atoms with van der Waals surface area (Å²) in [4.78, 5) is 27.1. The Morgan fingerprint density at radius 2 is 2.03 bits per heavy atom. The zero-order valence-electron chi connectivity index (χ0n) is 18.2. The van der Waals surface area contributed by atoms with Crippen LogP contribution < -0.4 is 10.2 Å². The molecule has 35 heavy (non-hydrogen) atoms. The number of carbonyl (C=O) groups excluding carboxylic acids is 2. The van der Waals surface area contributed by atoms with Crippen molar-refractivity contribution < 1.29 is 41.4 Å². The largest absolute Gasteiger partial charge is 0.468 e. The molecular weight excluding hydrogens is 469 g/mol. The number of benzene rings is 1.